The molecule has 0 spiro atoms. The van der Waals surface area contributed by atoms with Gasteiger partial charge < -0.3 is 4.52 Å². The van der Waals surface area contributed by atoms with Crippen LogP contribution in [0.5, 0.6) is 0 Å². The van der Waals surface area contributed by atoms with Crippen LogP contribution in [0.25, 0.3) is 11.0 Å². The van der Waals surface area contributed by atoms with Crippen LogP contribution in [0.15, 0.2) is 46.3 Å². The third-order valence-electron chi connectivity index (χ3n) is 3.43. The van der Waals surface area contributed by atoms with E-state index in [1.807, 2.05) is 47.0 Å². The summed E-state index contributed by atoms with van der Waals surface area (Å²) in [4.78, 5) is 1.37. The lowest BCUT2D eigenvalue weighted by atomic mass is 10.1. The maximum atomic E-state index is 5.55. The van der Waals surface area contributed by atoms with E-state index < -0.39 is 0 Å². The van der Waals surface area contributed by atoms with Gasteiger partial charge in [-0.1, -0.05) is 23.4 Å². The van der Waals surface area contributed by atoms with Crippen molar-refractivity contribution in [3.63, 3.8) is 0 Å². The molecule has 0 atom stereocenters. The Hall–Kier alpha value is -0.910. The van der Waals surface area contributed by atoms with Gasteiger partial charge in [-0.3, -0.25) is 0 Å². The van der Waals surface area contributed by atoms with Crippen molar-refractivity contribution >= 4 is 45.8 Å². The van der Waals surface area contributed by atoms with E-state index in [1.165, 1.54) is 22.8 Å². The van der Waals surface area contributed by atoms with Crippen molar-refractivity contribution in [3.05, 3.63) is 52.3 Å². The summed E-state index contributed by atoms with van der Waals surface area (Å²) in [6.45, 7) is 0. The van der Waals surface area contributed by atoms with Gasteiger partial charge in [-0.25, -0.2) is 0 Å². The number of nitrogens with zero attached hydrogens (tertiary/aromatic N) is 1. The first-order chi connectivity index (χ1) is 9.90. The Bertz CT molecular complexity index is 714. The standard InChI is InChI=1S/C15H13NOS3/c1-2-6-12-11(5-1)14(16-17-12)15(13-7-3-8-18-13)19-9-4-10-20-15/h1-3,5-8H,4,9-10H2. The van der Waals surface area contributed by atoms with E-state index in [-0.39, 0.29) is 4.08 Å². The summed E-state index contributed by atoms with van der Waals surface area (Å²) in [6, 6.07) is 12.5. The van der Waals surface area contributed by atoms with Gasteiger partial charge in [0.25, 0.3) is 0 Å². The highest BCUT2D eigenvalue weighted by Gasteiger charge is 2.42. The zero-order valence-corrected chi connectivity index (χ0v) is 13.2. The van der Waals surface area contributed by atoms with Gasteiger partial charge in [0.05, 0.1) is 0 Å². The molecule has 3 heterocycles. The Kier molecular flexibility index (Phi) is 3.28. The average Bonchev–Trinajstić information content (AvgIpc) is 3.18. The number of hydrogen-bond donors (Lipinski definition) is 0. The molecule has 1 saturated heterocycles. The van der Waals surface area contributed by atoms with Gasteiger partial charge in [-0.15, -0.1) is 34.9 Å². The van der Waals surface area contributed by atoms with Crippen molar-refractivity contribution in [2.75, 3.05) is 11.5 Å². The van der Waals surface area contributed by atoms with Crippen molar-refractivity contribution in [1.29, 1.82) is 0 Å². The molecular formula is C15H13NOS3. The number of hydrogen-bond acceptors (Lipinski definition) is 5. The van der Waals surface area contributed by atoms with Crippen LogP contribution in [-0.4, -0.2) is 16.7 Å². The van der Waals surface area contributed by atoms with E-state index in [4.69, 9.17) is 4.52 Å². The summed E-state index contributed by atoms with van der Waals surface area (Å²) < 4.78 is 5.46. The molecule has 1 aliphatic heterocycles. The van der Waals surface area contributed by atoms with Crippen LogP contribution in [0.4, 0.5) is 0 Å². The number of para-hydroxylation sites is 1. The summed E-state index contributed by atoms with van der Waals surface area (Å²) in [6.07, 6.45) is 1.26. The molecule has 20 heavy (non-hydrogen) atoms. The number of rotatable bonds is 2. The Morgan fingerprint density at radius 1 is 1.05 bits per heavy atom. The molecule has 3 aromatic rings. The van der Waals surface area contributed by atoms with Gasteiger partial charge >= 0.3 is 0 Å². The fourth-order valence-corrected chi connectivity index (χ4v) is 7.03. The Balaban J connectivity index is 1.94. The quantitative estimate of drug-likeness (QED) is 0.667. The van der Waals surface area contributed by atoms with Gasteiger partial charge in [-0.05, 0) is 41.5 Å². The van der Waals surface area contributed by atoms with E-state index in [2.05, 4.69) is 34.8 Å². The Morgan fingerprint density at radius 3 is 2.70 bits per heavy atom. The van der Waals surface area contributed by atoms with Gasteiger partial charge in [0, 0.05) is 10.3 Å². The number of fused-ring (bicyclic) bond motifs is 1. The largest absolute Gasteiger partial charge is 0.356 e. The lowest BCUT2D eigenvalue weighted by Gasteiger charge is -2.33. The van der Waals surface area contributed by atoms with Crippen molar-refractivity contribution in [2.24, 2.45) is 0 Å². The third-order valence-corrected chi connectivity index (χ3v) is 8.01. The molecule has 2 nitrogen and oxygen atoms in total. The minimum atomic E-state index is -0.0982. The zero-order chi connectivity index (χ0) is 13.4. The van der Waals surface area contributed by atoms with Crippen LogP contribution < -0.4 is 0 Å². The lowest BCUT2D eigenvalue weighted by molar-refractivity contribution is 0.446. The van der Waals surface area contributed by atoms with Gasteiger partial charge in [0.2, 0.25) is 0 Å². The fourth-order valence-electron chi connectivity index (χ4n) is 2.52. The van der Waals surface area contributed by atoms with Crippen LogP contribution in [0.2, 0.25) is 0 Å². The SMILES string of the molecule is c1csc(C2(c3noc4ccccc34)SCCCS2)c1. The summed E-state index contributed by atoms with van der Waals surface area (Å²) in [5, 5.41) is 7.73. The first-order valence-corrected chi connectivity index (χ1v) is 9.42. The van der Waals surface area contributed by atoms with Crippen LogP contribution in [0, 0.1) is 0 Å². The van der Waals surface area contributed by atoms with Gasteiger partial charge in [-0.2, -0.15) is 0 Å². The number of thiophene rings is 1. The molecule has 2 aromatic heterocycles. The molecular weight excluding hydrogens is 306 g/mol. The zero-order valence-electron chi connectivity index (χ0n) is 10.7. The fraction of sp³-hybridized carbons (Fsp3) is 0.267. The number of aromatic nitrogens is 1. The minimum Gasteiger partial charge on any atom is -0.356 e. The molecule has 1 fully saturated rings. The molecule has 1 aromatic carbocycles. The molecule has 0 amide bonds. The maximum absolute atomic E-state index is 5.55. The third kappa shape index (κ3) is 1.91. The first-order valence-electron chi connectivity index (χ1n) is 6.57. The highest BCUT2D eigenvalue weighted by Crippen LogP contribution is 2.56. The minimum absolute atomic E-state index is 0.0982. The Morgan fingerprint density at radius 2 is 1.90 bits per heavy atom. The predicted octanol–water partition coefficient (Wildman–Crippen LogP) is 4.96. The summed E-state index contributed by atoms with van der Waals surface area (Å²) >= 11 is 5.80. The van der Waals surface area contributed by atoms with Crippen LogP contribution >= 0.6 is 34.9 Å². The summed E-state index contributed by atoms with van der Waals surface area (Å²) in [7, 11) is 0. The van der Waals surface area contributed by atoms with Crippen LogP contribution in [0.1, 0.15) is 17.0 Å². The normalized spacial score (nSPS) is 18.4. The molecule has 5 heteroatoms. The van der Waals surface area contributed by atoms with E-state index in [0.29, 0.717) is 0 Å². The molecule has 0 N–H and O–H groups in total. The molecule has 0 saturated carbocycles. The second-order valence-corrected chi connectivity index (χ2v) is 8.50. The van der Waals surface area contributed by atoms with Gasteiger partial charge in [0.1, 0.15) is 9.77 Å². The molecule has 0 aliphatic carbocycles. The maximum Gasteiger partial charge on any atom is 0.167 e. The monoisotopic (exact) mass is 319 g/mol. The Labute approximate surface area is 129 Å². The van der Waals surface area contributed by atoms with Crippen LogP contribution in [0.3, 0.4) is 0 Å². The highest BCUT2D eigenvalue weighted by atomic mass is 32.2. The number of benzene rings is 1. The molecule has 1 aliphatic rings. The molecule has 0 unspecified atom stereocenters. The topological polar surface area (TPSA) is 26.0 Å². The van der Waals surface area contributed by atoms with Crippen molar-refractivity contribution in [3.8, 4) is 0 Å². The molecule has 0 bridgehead atoms. The smallest absolute Gasteiger partial charge is 0.167 e. The van der Waals surface area contributed by atoms with Crippen molar-refractivity contribution < 1.29 is 4.52 Å². The number of thioether (sulfide) groups is 2. The summed E-state index contributed by atoms with van der Waals surface area (Å²) in [5.74, 6) is 2.35. The molecule has 0 radical (unpaired) electrons. The first kappa shape index (κ1) is 12.8. The average molecular weight is 319 g/mol. The predicted molar refractivity (Wildman–Crippen MR) is 88.6 cm³/mol. The van der Waals surface area contributed by atoms with Crippen LogP contribution in [-0.2, 0) is 4.08 Å². The van der Waals surface area contributed by atoms with Gasteiger partial charge in [0.15, 0.2) is 5.58 Å². The molecule has 102 valence electrons. The second kappa shape index (κ2) is 5.13. The van der Waals surface area contributed by atoms with Crippen molar-refractivity contribution in [2.45, 2.75) is 10.5 Å². The van der Waals surface area contributed by atoms with E-state index in [1.54, 1.807) is 0 Å². The summed E-state index contributed by atoms with van der Waals surface area (Å²) in [5.41, 5.74) is 1.95. The molecule has 4 rings (SSSR count). The van der Waals surface area contributed by atoms with Crippen molar-refractivity contribution in [1.82, 2.24) is 5.16 Å². The highest BCUT2D eigenvalue weighted by molar-refractivity contribution is 8.18. The lowest BCUT2D eigenvalue weighted by Crippen LogP contribution is -2.23. The van der Waals surface area contributed by atoms with E-state index in [9.17, 15) is 0 Å². The second-order valence-electron chi connectivity index (χ2n) is 4.67. The van der Waals surface area contributed by atoms with E-state index >= 15 is 0 Å². The van der Waals surface area contributed by atoms with E-state index in [0.717, 1.165) is 16.7 Å².